The predicted octanol–water partition coefficient (Wildman–Crippen LogP) is 14.9. The minimum absolute atomic E-state index is 0.0287. The number of pyridine rings is 1. The van der Waals surface area contributed by atoms with Gasteiger partial charge in [-0.05, 0) is 148 Å². The number of phenols is 1. The van der Waals surface area contributed by atoms with Crippen molar-refractivity contribution in [2.75, 3.05) is 0 Å². The molecule has 0 amide bonds. The smallest absolute Gasteiger partial charge is 0.149 e. The summed E-state index contributed by atoms with van der Waals surface area (Å²) >= 11 is 0. The molecule has 2 heterocycles. The number of para-hydroxylation sites is 1. The third-order valence-electron chi connectivity index (χ3n) is 10.9. The maximum atomic E-state index is 11.8. The lowest BCUT2D eigenvalue weighted by Gasteiger charge is -2.22. The van der Waals surface area contributed by atoms with E-state index < -0.39 is 66.6 Å². The molecule has 0 atom stereocenters. The number of aromatic hydroxyl groups is 1. The van der Waals surface area contributed by atoms with Crippen LogP contribution in [0, 0.1) is 20.7 Å². The first kappa shape index (κ1) is 27.4. The van der Waals surface area contributed by atoms with Crippen LogP contribution in [0.4, 0.5) is 0 Å². The highest BCUT2D eigenvalue weighted by Gasteiger charge is 2.24. The molecular weight excluding hydrogens is 719 g/mol. The van der Waals surface area contributed by atoms with Gasteiger partial charge in [-0.1, -0.05) is 127 Å². The van der Waals surface area contributed by atoms with Gasteiger partial charge >= 0.3 is 0 Å². The summed E-state index contributed by atoms with van der Waals surface area (Å²) in [5, 5.41) is 11.8. The Bertz CT molecular complexity index is 3460. The Morgan fingerprint density at radius 2 is 1.47 bits per heavy atom. The molecule has 0 bridgehead atoms. The summed E-state index contributed by atoms with van der Waals surface area (Å²) in [6, 6.07) is 21.9. The Balaban J connectivity index is 1.45. The van der Waals surface area contributed by atoms with Crippen LogP contribution >= 0.6 is 0 Å². The number of aryl methyl sites for hydroxylation is 3. The molecule has 1 N–H and O–H groups in total. The number of hydrogen-bond donors (Lipinski definition) is 1. The minimum Gasteiger partial charge on any atom is -0.507 e. The lowest BCUT2D eigenvalue weighted by Crippen LogP contribution is -2.11. The first-order valence-electron chi connectivity index (χ1n) is 25.8. The van der Waals surface area contributed by atoms with Crippen molar-refractivity contribution < 1.29 is 21.6 Å². The van der Waals surface area contributed by atoms with Crippen molar-refractivity contribution in [3.8, 4) is 67.5 Å². The van der Waals surface area contributed by atoms with Crippen molar-refractivity contribution in [1.82, 2.24) is 14.5 Å². The van der Waals surface area contributed by atoms with Gasteiger partial charge in [-0.2, -0.15) is 0 Å². The Morgan fingerprint density at radius 1 is 0.729 bits per heavy atom. The molecule has 0 spiro atoms. The highest BCUT2D eigenvalue weighted by Crippen LogP contribution is 2.43. The van der Waals surface area contributed by atoms with Crippen LogP contribution < -0.4 is 0 Å². The molecule has 0 fully saturated rings. The largest absolute Gasteiger partial charge is 0.507 e. The molecule has 0 saturated heterocycles. The minimum atomic E-state index is -2.65. The van der Waals surface area contributed by atoms with E-state index in [2.05, 4.69) is 18.8 Å². The van der Waals surface area contributed by atoms with Gasteiger partial charge in [0.2, 0.25) is 0 Å². The van der Waals surface area contributed by atoms with Gasteiger partial charge in [0.15, 0.2) is 0 Å². The summed E-state index contributed by atoms with van der Waals surface area (Å²) in [4.78, 5) is 9.71. The first-order chi connectivity index (χ1) is 33.0. The summed E-state index contributed by atoms with van der Waals surface area (Å²) in [6.07, 6.45) is -0.553. The molecule has 0 unspecified atom stereocenters. The highest BCUT2D eigenvalue weighted by atomic mass is 16.3. The molecule has 2 aromatic heterocycles. The Morgan fingerprint density at radius 3 is 2.20 bits per heavy atom. The third kappa shape index (κ3) is 7.49. The van der Waals surface area contributed by atoms with Gasteiger partial charge in [0.1, 0.15) is 11.6 Å². The van der Waals surface area contributed by atoms with Crippen molar-refractivity contribution in [1.29, 1.82) is 0 Å². The molecule has 6 aromatic carbocycles. The molecular formula is C55H55N3O. The number of imidazole rings is 1. The van der Waals surface area contributed by atoms with Gasteiger partial charge in [0.25, 0.3) is 0 Å². The second kappa shape index (κ2) is 15.5. The molecule has 0 saturated carbocycles. The summed E-state index contributed by atoms with van der Waals surface area (Å²) in [5.41, 5.74) is 7.42. The van der Waals surface area contributed by atoms with Crippen molar-refractivity contribution >= 4 is 11.0 Å². The van der Waals surface area contributed by atoms with Crippen molar-refractivity contribution in [2.45, 2.75) is 86.4 Å². The number of fused-ring (bicyclic) bond motifs is 1. The summed E-state index contributed by atoms with van der Waals surface area (Å²) in [5.74, 6) is -0.692. The average molecular weight is 786 g/mol. The third-order valence-corrected chi connectivity index (χ3v) is 10.9. The van der Waals surface area contributed by atoms with E-state index in [0.717, 1.165) is 27.8 Å². The molecule has 0 aliphatic carbocycles. The Labute approximate surface area is 367 Å². The zero-order valence-corrected chi connectivity index (χ0v) is 34.9. The van der Waals surface area contributed by atoms with Crippen molar-refractivity contribution in [2.24, 2.45) is 0 Å². The van der Waals surface area contributed by atoms with Crippen molar-refractivity contribution in [3.63, 3.8) is 0 Å². The maximum absolute atomic E-state index is 11.8. The fourth-order valence-electron chi connectivity index (χ4n) is 7.87. The number of hydrogen-bond acceptors (Lipinski definition) is 3. The van der Waals surface area contributed by atoms with Crippen molar-refractivity contribution in [3.05, 3.63) is 167 Å². The topological polar surface area (TPSA) is 50.9 Å². The van der Waals surface area contributed by atoms with E-state index in [-0.39, 0.29) is 39.9 Å². The number of benzene rings is 6. The van der Waals surface area contributed by atoms with E-state index in [0.29, 0.717) is 50.1 Å². The predicted molar refractivity (Wildman–Crippen MR) is 249 cm³/mol. The monoisotopic (exact) mass is 786 g/mol. The van der Waals surface area contributed by atoms with Crippen LogP contribution in [0.2, 0.25) is 0 Å². The second-order valence-electron chi connectivity index (χ2n) is 16.8. The zero-order chi connectivity index (χ0) is 52.1. The van der Waals surface area contributed by atoms with E-state index in [1.54, 1.807) is 29.7 Å². The lowest BCUT2D eigenvalue weighted by molar-refractivity contribution is 0.472. The quantitative estimate of drug-likeness (QED) is 0.167. The molecule has 0 aliphatic rings. The standard InChI is InChI=1S/C55H55N3O/c1-33(2)44-18-14-19-45(34(3)4)51(44)40-22-23-49(36(6)28-40)58-50-21-15-20-46(52(50)57-54(58)47-27-35(5)26-37(7)53(47)59)41-29-42(31-43(30-41)55(8,9)10)48-32-39(24-25-56-48)38-16-12-11-13-17-38/h11-34,59H,1-10H3/i6D3,11D,12D,13D,16D,17D,24D,25D,32D,33D. The van der Waals surface area contributed by atoms with E-state index in [1.807, 2.05) is 108 Å². The van der Waals surface area contributed by atoms with Crippen LogP contribution in [-0.2, 0) is 5.41 Å². The normalized spacial score (nSPS) is 15.2. The second-order valence-corrected chi connectivity index (χ2v) is 16.8. The van der Waals surface area contributed by atoms with Gasteiger partial charge < -0.3 is 5.11 Å². The van der Waals surface area contributed by atoms with Gasteiger partial charge in [-0.3, -0.25) is 9.55 Å². The summed E-state index contributed by atoms with van der Waals surface area (Å²) in [7, 11) is 0. The lowest BCUT2D eigenvalue weighted by atomic mass is 9.83. The molecule has 4 nitrogen and oxygen atoms in total. The number of nitrogens with zero attached hydrogens (tertiary/aromatic N) is 3. The maximum Gasteiger partial charge on any atom is 0.149 e. The highest BCUT2D eigenvalue weighted by molar-refractivity contribution is 5.97. The Kier molecular flexibility index (Phi) is 7.20. The molecule has 0 radical (unpaired) electrons. The van der Waals surface area contributed by atoms with Gasteiger partial charge in [0, 0.05) is 22.8 Å². The number of aromatic nitrogens is 3. The molecule has 8 rings (SSSR count). The van der Waals surface area contributed by atoms with Crippen LogP contribution in [0.3, 0.4) is 0 Å². The molecule has 4 heteroatoms. The van der Waals surface area contributed by atoms with Crippen LogP contribution in [-0.4, -0.2) is 19.6 Å². The van der Waals surface area contributed by atoms with E-state index in [1.165, 1.54) is 0 Å². The molecule has 59 heavy (non-hydrogen) atoms. The average Bonchev–Trinajstić information content (AvgIpc) is 3.69. The number of phenolic OH excluding ortho intramolecular Hbond substituents is 1. The van der Waals surface area contributed by atoms with E-state index in [9.17, 15) is 6.48 Å². The zero-order valence-electron chi connectivity index (χ0n) is 46.9. The van der Waals surface area contributed by atoms with E-state index in [4.69, 9.17) is 20.1 Å². The van der Waals surface area contributed by atoms with Gasteiger partial charge in [-0.15, -0.1) is 0 Å². The van der Waals surface area contributed by atoms with Crippen LogP contribution in [0.25, 0.3) is 72.7 Å². The summed E-state index contributed by atoms with van der Waals surface area (Å²) < 4.78 is 107. The fourth-order valence-corrected chi connectivity index (χ4v) is 7.87. The molecule has 8 aromatic rings. The Hall–Kier alpha value is -6.26. The van der Waals surface area contributed by atoms with Gasteiger partial charge in [0.05, 0.1) is 38.9 Å². The molecule has 0 aliphatic heterocycles. The fraction of sp³-hybridized carbons (Fsp3) is 0.236. The van der Waals surface area contributed by atoms with Gasteiger partial charge in [-0.25, -0.2) is 4.98 Å². The van der Waals surface area contributed by atoms with E-state index >= 15 is 0 Å². The van der Waals surface area contributed by atoms with Crippen LogP contribution in [0.1, 0.15) is 110 Å². The molecule has 296 valence electrons. The SMILES string of the molecule is [2H]c1nc(-c2cc(-c3cccc4c3nc(-c3cc(C)cc(C)c3O)n4-c3ccc(-c4c(C(C)C)cccc4C([2H])(C)C)cc3C([2H])([2H])[2H])cc(C(C)(C)C)c2)c([2H])c(-c2c([2H])c([2H])c([2H])c([2H])c2[2H])c1[2H]. The number of rotatable bonds is 8. The summed E-state index contributed by atoms with van der Waals surface area (Å²) in [6.45, 7) is 14.8. The van der Waals surface area contributed by atoms with Crippen LogP contribution in [0.15, 0.2) is 133 Å². The van der Waals surface area contributed by atoms with Crippen LogP contribution in [0.5, 0.6) is 5.75 Å². The first-order valence-corrected chi connectivity index (χ1v) is 19.8.